The molecule has 4 heteroatoms. The van der Waals surface area contributed by atoms with Crippen molar-refractivity contribution in [2.75, 3.05) is 26.2 Å². The molecule has 0 fully saturated rings. The van der Waals surface area contributed by atoms with Crippen molar-refractivity contribution in [3.05, 3.63) is 0 Å². The molecule has 0 aliphatic heterocycles. The molecule has 0 spiro atoms. The summed E-state index contributed by atoms with van der Waals surface area (Å²) in [6.45, 7) is 10.7. The van der Waals surface area contributed by atoms with Crippen molar-refractivity contribution in [1.82, 2.24) is 4.90 Å². The summed E-state index contributed by atoms with van der Waals surface area (Å²) >= 11 is 0. The number of rotatable bonds is 28. The maximum Gasteiger partial charge on any atom is 0.308 e. The molecule has 0 saturated heterocycles. The highest BCUT2D eigenvalue weighted by Gasteiger charge is 2.19. The van der Waals surface area contributed by atoms with Crippen molar-refractivity contribution in [2.24, 2.45) is 5.92 Å². The average Bonchev–Trinajstić information content (AvgIpc) is 2.88. The van der Waals surface area contributed by atoms with Gasteiger partial charge < -0.3 is 9.64 Å². The number of unbranched alkanes of at least 4 members (excludes halogenated alkanes) is 15. The largest absolute Gasteiger partial charge is 0.465 e. The van der Waals surface area contributed by atoms with E-state index in [1.54, 1.807) is 0 Å². The van der Waals surface area contributed by atoms with Gasteiger partial charge >= 0.3 is 5.97 Å². The van der Waals surface area contributed by atoms with Crippen LogP contribution >= 0.6 is 0 Å². The van der Waals surface area contributed by atoms with Crippen LogP contribution < -0.4 is 0 Å². The Balaban J connectivity index is 4.13. The molecule has 0 heterocycles. The molecule has 0 rings (SSSR count). The lowest BCUT2D eigenvalue weighted by molar-refractivity contribution is -0.149. The first-order valence-corrected chi connectivity index (χ1v) is 15.9. The van der Waals surface area contributed by atoms with Gasteiger partial charge in [0.15, 0.2) is 0 Å². The van der Waals surface area contributed by atoms with E-state index in [1.807, 2.05) is 0 Å². The fourth-order valence-corrected chi connectivity index (χ4v) is 4.93. The number of hydrogen-bond donors (Lipinski definition) is 0. The van der Waals surface area contributed by atoms with Crippen LogP contribution in [-0.2, 0) is 9.53 Å². The van der Waals surface area contributed by atoms with Gasteiger partial charge in [-0.1, -0.05) is 117 Å². The van der Waals surface area contributed by atoms with Gasteiger partial charge in [0.2, 0.25) is 0 Å². The second-order valence-corrected chi connectivity index (χ2v) is 10.8. The Labute approximate surface area is 225 Å². The third kappa shape index (κ3) is 23.3. The lowest BCUT2D eigenvalue weighted by atomic mass is 9.94. The zero-order valence-corrected chi connectivity index (χ0v) is 24.7. The number of ether oxygens (including phenoxy) is 1. The van der Waals surface area contributed by atoms with Gasteiger partial charge in [-0.3, -0.25) is 4.79 Å². The molecule has 0 aliphatic carbocycles. The maximum atomic E-state index is 12.8. The molecular formula is C32H62N2O2. The highest BCUT2D eigenvalue weighted by molar-refractivity contribution is 5.72. The van der Waals surface area contributed by atoms with Gasteiger partial charge in [-0.25, -0.2) is 0 Å². The minimum absolute atomic E-state index is 0.0656. The SMILES string of the molecule is CCCCCCCCC(CCCCCC)C(=O)OCCCCCCN(CCCC#N)CCCCCC. The van der Waals surface area contributed by atoms with Crippen molar-refractivity contribution < 1.29 is 9.53 Å². The summed E-state index contributed by atoms with van der Waals surface area (Å²) in [5, 5.41) is 8.84. The monoisotopic (exact) mass is 506 g/mol. The number of carbonyl (C=O) groups excluding carboxylic acids is 1. The highest BCUT2D eigenvalue weighted by Crippen LogP contribution is 2.20. The third-order valence-electron chi connectivity index (χ3n) is 7.35. The first-order chi connectivity index (χ1) is 17.7. The van der Waals surface area contributed by atoms with Crippen LogP contribution in [-0.4, -0.2) is 37.1 Å². The second-order valence-electron chi connectivity index (χ2n) is 10.8. The van der Waals surface area contributed by atoms with E-state index in [1.165, 1.54) is 103 Å². The Morgan fingerprint density at radius 3 is 1.67 bits per heavy atom. The maximum absolute atomic E-state index is 12.8. The Kier molecular flexibility index (Phi) is 27.6. The number of nitriles is 1. The molecule has 0 aromatic carbocycles. The summed E-state index contributed by atoms with van der Waals surface area (Å²) in [5.74, 6) is 0.179. The summed E-state index contributed by atoms with van der Waals surface area (Å²) in [4.78, 5) is 15.3. The minimum atomic E-state index is 0.0656. The molecule has 0 aliphatic rings. The molecule has 0 radical (unpaired) electrons. The van der Waals surface area contributed by atoms with E-state index < -0.39 is 0 Å². The van der Waals surface area contributed by atoms with E-state index in [4.69, 9.17) is 10.00 Å². The standard InChI is InChI=1S/C32H62N2O2/c1-4-7-10-13-14-18-25-31(24-17-11-8-5-2)32(35)36-30-23-16-15-21-28-34(29-22-19-26-33)27-20-12-9-6-3/h31H,4-25,27-30H2,1-3H3. The van der Waals surface area contributed by atoms with E-state index in [-0.39, 0.29) is 11.9 Å². The lowest BCUT2D eigenvalue weighted by Crippen LogP contribution is -2.27. The van der Waals surface area contributed by atoms with Gasteiger partial charge in [-0.15, -0.1) is 0 Å². The van der Waals surface area contributed by atoms with Gasteiger partial charge in [0, 0.05) is 6.42 Å². The molecule has 0 aromatic rings. The number of carbonyl (C=O) groups is 1. The summed E-state index contributed by atoms with van der Waals surface area (Å²) in [6.07, 6.45) is 25.9. The van der Waals surface area contributed by atoms with Crippen LogP contribution in [0.15, 0.2) is 0 Å². The van der Waals surface area contributed by atoms with Crippen molar-refractivity contribution in [1.29, 1.82) is 5.26 Å². The van der Waals surface area contributed by atoms with E-state index in [0.29, 0.717) is 13.0 Å². The Hall–Kier alpha value is -1.08. The van der Waals surface area contributed by atoms with Crippen LogP contribution in [0.5, 0.6) is 0 Å². The first-order valence-electron chi connectivity index (χ1n) is 15.9. The summed E-state index contributed by atoms with van der Waals surface area (Å²) in [7, 11) is 0. The molecule has 1 atom stereocenters. The zero-order valence-electron chi connectivity index (χ0n) is 24.7. The van der Waals surface area contributed by atoms with Crippen molar-refractivity contribution in [3.8, 4) is 6.07 Å². The van der Waals surface area contributed by atoms with Gasteiger partial charge in [0.05, 0.1) is 18.6 Å². The number of nitrogens with zero attached hydrogens (tertiary/aromatic N) is 2. The van der Waals surface area contributed by atoms with Crippen LogP contribution in [0.4, 0.5) is 0 Å². The number of esters is 1. The Morgan fingerprint density at radius 2 is 1.08 bits per heavy atom. The first kappa shape index (κ1) is 34.9. The van der Waals surface area contributed by atoms with Crippen LogP contribution in [0.3, 0.4) is 0 Å². The zero-order chi connectivity index (χ0) is 26.5. The fourth-order valence-electron chi connectivity index (χ4n) is 4.93. The molecule has 4 nitrogen and oxygen atoms in total. The van der Waals surface area contributed by atoms with Crippen molar-refractivity contribution >= 4 is 5.97 Å². The van der Waals surface area contributed by atoms with Crippen LogP contribution in [0, 0.1) is 17.2 Å². The smallest absolute Gasteiger partial charge is 0.308 e. The molecule has 0 aromatic heterocycles. The quantitative estimate of drug-likeness (QED) is 0.0782. The lowest BCUT2D eigenvalue weighted by Gasteiger charge is -2.22. The summed E-state index contributed by atoms with van der Waals surface area (Å²) in [5.41, 5.74) is 0. The molecule has 0 saturated carbocycles. The molecule has 1 unspecified atom stereocenters. The van der Waals surface area contributed by atoms with Crippen LogP contribution in [0.2, 0.25) is 0 Å². The van der Waals surface area contributed by atoms with Gasteiger partial charge in [0.25, 0.3) is 0 Å². The minimum Gasteiger partial charge on any atom is -0.465 e. The third-order valence-corrected chi connectivity index (χ3v) is 7.35. The molecule has 212 valence electrons. The second kappa shape index (κ2) is 28.5. The predicted molar refractivity (Wildman–Crippen MR) is 155 cm³/mol. The summed E-state index contributed by atoms with van der Waals surface area (Å²) < 4.78 is 5.75. The molecule has 0 bridgehead atoms. The fraction of sp³-hybridized carbons (Fsp3) is 0.938. The normalized spacial score (nSPS) is 12.1. The van der Waals surface area contributed by atoms with Gasteiger partial charge in [0.1, 0.15) is 0 Å². The molecular weight excluding hydrogens is 444 g/mol. The van der Waals surface area contributed by atoms with Gasteiger partial charge in [-0.05, 0) is 58.2 Å². The summed E-state index contributed by atoms with van der Waals surface area (Å²) in [6, 6.07) is 2.28. The topological polar surface area (TPSA) is 53.3 Å². The Morgan fingerprint density at radius 1 is 0.639 bits per heavy atom. The molecule has 36 heavy (non-hydrogen) atoms. The van der Waals surface area contributed by atoms with Crippen LogP contribution in [0.1, 0.15) is 162 Å². The Bertz CT molecular complexity index is 503. The average molecular weight is 507 g/mol. The number of hydrogen-bond acceptors (Lipinski definition) is 4. The van der Waals surface area contributed by atoms with E-state index in [0.717, 1.165) is 51.6 Å². The predicted octanol–water partition coefficient (Wildman–Crippen LogP) is 9.61. The van der Waals surface area contributed by atoms with E-state index in [2.05, 4.69) is 31.7 Å². The molecule has 0 amide bonds. The van der Waals surface area contributed by atoms with Crippen molar-refractivity contribution in [2.45, 2.75) is 162 Å². The van der Waals surface area contributed by atoms with E-state index >= 15 is 0 Å². The van der Waals surface area contributed by atoms with Gasteiger partial charge in [-0.2, -0.15) is 5.26 Å². The molecule has 0 N–H and O–H groups in total. The highest BCUT2D eigenvalue weighted by atomic mass is 16.5. The van der Waals surface area contributed by atoms with E-state index in [9.17, 15) is 4.79 Å². The van der Waals surface area contributed by atoms with Crippen LogP contribution in [0.25, 0.3) is 0 Å². The van der Waals surface area contributed by atoms with Crippen molar-refractivity contribution in [3.63, 3.8) is 0 Å².